The molecule has 97 heavy (non-hydrogen) atoms. The number of benzene rings is 15. The van der Waals surface area contributed by atoms with Gasteiger partial charge in [0.05, 0.1) is 55.3 Å². The second-order valence-corrected chi connectivity index (χ2v) is 25.8. The van der Waals surface area contributed by atoms with E-state index in [1.54, 1.807) is 0 Å². The van der Waals surface area contributed by atoms with Crippen LogP contribution in [-0.4, -0.2) is 28.2 Å². The smallest absolute Gasteiger partial charge is 0.160 e. The molecule has 5 aromatic heterocycles. The first-order chi connectivity index (χ1) is 48.0. The molecule has 6 heteroatoms. The van der Waals surface area contributed by atoms with Crippen molar-refractivity contribution >= 4 is 109 Å². The van der Waals surface area contributed by atoms with Crippen LogP contribution >= 0.6 is 0 Å². The molecule has 0 atom stereocenters. The molecule has 0 N–H and O–H groups in total. The highest BCUT2D eigenvalue weighted by molar-refractivity contribution is 6.16. The lowest BCUT2D eigenvalue weighted by Crippen LogP contribution is -2.02. The maximum absolute atomic E-state index is 5.81. The molecule has 0 bridgehead atoms. The van der Waals surface area contributed by atoms with Crippen LogP contribution < -0.4 is 0 Å². The average molecular weight is 1240 g/mol. The Labute approximate surface area is 558 Å². The SMILES string of the molecule is Cc1ccc(-c2cccc(-c3nc(-c4cc(-n5c6ccccc6c6cc(-c7ccc8c(c7)c7ccccc7n8-c7ccccc7)ccc65)cc(-n5c6ccccc6c6cc(-c7ccc8c(c7)c7ccccc7n8-c7ccccc7)ccc65)c4)nc4ccc5ccccc5c34)c2)cc1. The molecule has 0 saturated carbocycles. The van der Waals surface area contributed by atoms with E-state index in [2.05, 4.69) is 359 Å². The van der Waals surface area contributed by atoms with Gasteiger partial charge in [-0.15, -0.1) is 0 Å². The van der Waals surface area contributed by atoms with E-state index in [1.165, 1.54) is 81.8 Å². The zero-order valence-corrected chi connectivity index (χ0v) is 52.9. The summed E-state index contributed by atoms with van der Waals surface area (Å²) in [5.74, 6) is 0.640. The van der Waals surface area contributed by atoms with Crippen LogP contribution in [0.25, 0.3) is 188 Å². The third kappa shape index (κ3) is 8.67. The molecule has 20 rings (SSSR count). The van der Waals surface area contributed by atoms with Crippen molar-refractivity contribution in [3.05, 3.63) is 339 Å². The number of aromatic nitrogens is 6. The molecule has 0 aliphatic heterocycles. The van der Waals surface area contributed by atoms with Gasteiger partial charge >= 0.3 is 0 Å². The summed E-state index contributed by atoms with van der Waals surface area (Å²) in [6, 6.07) is 122. The lowest BCUT2D eigenvalue weighted by atomic mass is 9.96. The van der Waals surface area contributed by atoms with Gasteiger partial charge in [0.15, 0.2) is 5.82 Å². The minimum Gasteiger partial charge on any atom is -0.309 e. The van der Waals surface area contributed by atoms with Crippen molar-refractivity contribution in [2.45, 2.75) is 6.92 Å². The fraction of sp³-hybridized carbons (Fsp3) is 0.0110. The minimum atomic E-state index is 0.640. The highest BCUT2D eigenvalue weighted by atomic mass is 15.0. The highest BCUT2D eigenvalue weighted by Crippen LogP contribution is 2.44. The van der Waals surface area contributed by atoms with Crippen molar-refractivity contribution in [1.82, 2.24) is 28.2 Å². The number of rotatable bonds is 9. The molecule has 15 aromatic carbocycles. The maximum atomic E-state index is 5.81. The number of fused-ring (bicyclic) bond motifs is 15. The number of aryl methyl sites for hydroxylation is 1. The topological polar surface area (TPSA) is 45.5 Å². The summed E-state index contributed by atoms with van der Waals surface area (Å²) in [5.41, 5.74) is 25.3. The third-order valence-corrected chi connectivity index (χ3v) is 20.2. The second-order valence-electron chi connectivity index (χ2n) is 25.8. The number of para-hydroxylation sites is 6. The Kier molecular flexibility index (Phi) is 12.2. The van der Waals surface area contributed by atoms with Gasteiger partial charge in [-0.1, -0.05) is 212 Å². The summed E-state index contributed by atoms with van der Waals surface area (Å²) >= 11 is 0. The maximum Gasteiger partial charge on any atom is 0.160 e. The Hall–Kier alpha value is -12.9. The Balaban J connectivity index is 0.805. The number of nitrogens with zero attached hydrogens (tertiary/aromatic N) is 6. The van der Waals surface area contributed by atoms with Crippen LogP contribution in [0, 0.1) is 6.92 Å². The summed E-state index contributed by atoms with van der Waals surface area (Å²) < 4.78 is 9.67. The summed E-state index contributed by atoms with van der Waals surface area (Å²) in [6.07, 6.45) is 0. The van der Waals surface area contributed by atoms with E-state index >= 15 is 0 Å². The fourth-order valence-corrected chi connectivity index (χ4v) is 15.7. The van der Waals surface area contributed by atoms with E-state index in [9.17, 15) is 0 Å². The first kappa shape index (κ1) is 54.6. The number of hydrogen-bond acceptors (Lipinski definition) is 2. The van der Waals surface area contributed by atoms with E-state index in [0.29, 0.717) is 5.82 Å². The lowest BCUT2D eigenvalue weighted by Gasteiger charge is -2.17. The molecule has 0 fully saturated rings. The third-order valence-electron chi connectivity index (χ3n) is 20.2. The molecular formula is C91H58N6. The standard InChI is InChI=1S/C91H58N6/c1-57-35-37-58(38-36-57)60-20-18-21-65(49-60)90-89-71-26-9-8-19-59(71)39-44-80(89)92-91(93-90)66-50-69(96-83-33-16-12-29-74(83)78-54-63(42-47-87(78)96)61-40-45-85-76(52-61)72-27-10-14-31-81(72)94(85)67-22-4-2-5-23-67)56-70(51-66)97-84-34-17-13-30-75(84)79-55-64(43-48-88(79)97)62-41-46-86-77(53-62)73-28-11-15-32-82(73)95(86)68-24-6-3-7-25-68/h2-56H,1H3. The van der Waals surface area contributed by atoms with Crippen LogP contribution in [0.15, 0.2) is 334 Å². The first-order valence-electron chi connectivity index (χ1n) is 33.3. The van der Waals surface area contributed by atoms with Gasteiger partial charge in [0.2, 0.25) is 0 Å². The van der Waals surface area contributed by atoms with Crippen LogP contribution in [0.4, 0.5) is 0 Å². The van der Waals surface area contributed by atoms with Crippen molar-refractivity contribution < 1.29 is 0 Å². The van der Waals surface area contributed by atoms with Crippen molar-refractivity contribution in [2.75, 3.05) is 0 Å². The van der Waals surface area contributed by atoms with Gasteiger partial charge in [-0.3, -0.25) is 0 Å². The predicted octanol–water partition coefficient (Wildman–Crippen LogP) is 23.8. The summed E-state index contributed by atoms with van der Waals surface area (Å²) in [6.45, 7) is 2.14. The number of hydrogen-bond donors (Lipinski definition) is 0. The molecule has 5 heterocycles. The van der Waals surface area contributed by atoms with Gasteiger partial charge in [0.25, 0.3) is 0 Å². The first-order valence-corrected chi connectivity index (χ1v) is 33.3. The predicted molar refractivity (Wildman–Crippen MR) is 406 cm³/mol. The highest BCUT2D eigenvalue weighted by Gasteiger charge is 2.23. The van der Waals surface area contributed by atoms with E-state index in [1.807, 2.05) is 0 Å². The molecule has 0 aliphatic rings. The molecule has 0 unspecified atom stereocenters. The van der Waals surface area contributed by atoms with Crippen molar-refractivity contribution in [3.8, 4) is 78.8 Å². The van der Waals surface area contributed by atoms with Gasteiger partial charge in [0, 0.05) is 82.4 Å². The minimum absolute atomic E-state index is 0.640. The van der Waals surface area contributed by atoms with Crippen LogP contribution in [0.3, 0.4) is 0 Å². The second kappa shape index (κ2) is 21.6. The van der Waals surface area contributed by atoms with Crippen LogP contribution in [0.2, 0.25) is 0 Å². The Bertz CT molecular complexity index is 6330. The Morgan fingerprint density at radius 1 is 0.216 bits per heavy atom. The van der Waals surface area contributed by atoms with Crippen molar-refractivity contribution in [2.24, 2.45) is 0 Å². The van der Waals surface area contributed by atoms with Gasteiger partial charge in [-0.2, -0.15) is 0 Å². The van der Waals surface area contributed by atoms with Crippen LogP contribution in [0.5, 0.6) is 0 Å². The molecular weight excluding hydrogens is 1180 g/mol. The van der Waals surface area contributed by atoms with E-state index in [-0.39, 0.29) is 0 Å². The van der Waals surface area contributed by atoms with Crippen molar-refractivity contribution in [3.63, 3.8) is 0 Å². The van der Waals surface area contributed by atoms with Gasteiger partial charge in [-0.05, 0) is 178 Å². The normalized spacial score (nSPS) is 12.0. The largest absolute Gasteiger partial charge is 0.309 e. The van der Waals surface area contributed by atoms with Gasteiger partial charge in [-0.25, -0.2) is 9.97 Å². The molecule has 0 spiro atoms. The monoisotopic (exact) mass is 1230 g/mol. The summed E-state index contributed by atoms with van der Waals surface area (Å²) in [5, 5.41) is 12.9. The lowest BCUT2D eigenvalue weighted by molar-refractivity contribution is 1.13. The molecule has 0 radical (unpaired) electrons. The Morgan fingerprint density at radius 2 is 0.588 bits per heavy atom. The molecule has 0 amide bonds. The quantitative estimate of drug-likeness (QED) is 0.135. The van der Waals surface area contributed by atoms with Crippen molar-refractivity contribution in [1.29, 1.82) is 0 Å². The summed E-state index contributed by atoms with van der Waals surface area (Å²) in [7, 11) is 0. The van der Waals surface area contributed by atoms with Crippen LogP contribution in [0.1, 0.15) is 5.56 Å². The van der Waals surface area contributed by atoms with Crippen LogP contribution in [-0.2, 0) is 0 Å². The zero-order valence-electron chi connectivity index (χ0n) is 52.9. The van der Waals surface area contributed by atoms with Gasteiger partial charge < -0.3 is 18.3 Å². The molecule has 6 nitrogen and oxygen atoms in total. The van der Waals surface area contributed by atoms with E-state index in [4.69, 9.17) is 9.97 Å². The molecule has 20 aromatic rings. The van der Waals surface area contributed by atoms with E-state index in [0.717, 1.165) is 106 Å². The van der Waals surface area contributed by atoms with E-state index < -0.39 is 0 Å². The Morgan fingerprint density at radius 3 is 1.05 bits per heavy atom. The molecule has 0 aliphatic carbocycles. The summed E-state index contributed by atoms with van der Waals surface area (Å²) in [4.78, 5) is 11.5. The molecule has 0 saturated heterocycles. The molecule has 452 valence electrons. The zero-order chi connectivity index (χ0) is 63.8. The average Bonchev–Trinajstić information content (AvgIpc) is 1.73. The fourth-order valence-electron chi connectivity index (χ4n) is 15.7. The van der Waals surface area contributed by atoms with Gasteiger partial charge in [0.1, 0.15) is 0 Å².